The van der Waals surface area contributed by atoms with Crippen LogP contribution in [0.4, 0.5) is 24.5 Å². The number of alkyl halides is 3. The van der Waals surface area contributed by atoms with Gasteiger partial charge in [-0.2, -0.15) is 4.72 Å². The Balaban J connectivity index is 1.57. The second-order valence-corrected chi connectivity index (χ2v) is 9.61. The number of carbonyl (C=O) groups is 2. The Labute approximate surface area is 204 Å². The molecule has 12 heteroatoms. The fourth-order valence-electron chi connectivity index (χ4n) is 3.62. The first kappa shape index (κ1) is 25.2. The zero-order valence-corrected chi connectivity index (χ0v) is 19.3. The number of benzene rings is 3. The fraction of sp³-hybridized carbons (Fsp3) is 0.167. The van der Waals surface area contributed by atoms with Gasteiger partial charge in [-0.1, -0.05) is 30.3 Å². The molecule has 0 saturated heterocycles. The number of anilines is 2. The lowest BCUT2D eigenvalue weighted by atomic mass is 10.0. The molecule has 1 aliphatic rings. The molecular formula is C24H20F3N3O5S. The quantitative estimate of drug-likeness (QED) is 0.435. The van der Waals surface area contributed by atoms with Crippen LogP contribution in [0.25, 0.3) is 0 Å². The summed E-state index contributed by atoms with van der Waals surface area (Å²) >= 11 is 0. The van der Waals surface area contributed by atoms with Gasteiger partial charge in [0.15, 0.2) is 0 Å². The van der Waals surface area contributed by atoms with E-state index in [4.69, 9.17) is 0 Å². The summed E-state index contributed by atoms with van der Waals surface area (Å²) in [5, 5.41) is 5.19. The number of ether oxygens (including phenoxy) is 1. The summed E-state index contributed by atoms with van der Waals surface area (Å²) in [6.07, 6.45) is -4.25. The first-order valence-corrected chi connectivity index (χ1v) is 12.2. The van der Waals surface area contributed by atoms with E-state index in [2.05, 4.69) is 20.1 Å². The summed E-state index contributed by atoms with van der Waals surface area (Å²) in [6.45, 7) is 0. The average molecular weight is 520 g/mol. The number of hydrogen-bond acceptors (Lipinski definition) is 5. The second kappa shape index (κ2) is 9.99. The van der Waals surface area contributed by atoms with Gasteiger partial charge in [0.05, 0.1) is 4.90 Å². The normalized spacial score (nSPS) is 14.4. The fourth-order valence-corrected chi connectivity index (χ4v) is 4.86. The van der Waals surface area contributed by atoms with Crippen LogP contribution >= 0.6 is 0 Å². The zero-order chi connectivity index (χ0) is 25.9. The molecule has 2 amide bonds. The third kappa shape index (κ3) is 6.20. The number of rotatable bonds is 7. The van der Waals surface area contributed by atoms with Crippen LogP contribution in [0.15, 0.2) is 77.7 Å². The van der Waals surface area contributed by atoms with Gasteiger partial charge in [-0.3, -0.25) is 9.59 Å². The van der Waals surface area contributed by atoms with Crippen molar-refractivity contribution in [3.63, 3.8) is 0 Å². The smallest absolute Gasteiger partial charge is 0.406 e. The maximum atomic E-state index is 13.2. The average Bonchev–Trinajstić information content (AvgIpc) is 2.83. The van der Waals surface area contributed by atoms with E-state index in [9.17, 15) is 31.2 Å². The third-order valence-electron chi connectivity index (χ3n) is 5.31. The van der Waals surface area contributed by atoms with Crippen molar-refractivity contribution in [2.75, 3.05) is 10.6 Å². The predicted octanol–water partition coefficient (Wildman–Crippen LogP) is 4.13. The molecule has 0 radical (unpaired) electrons. The van der Waals surface area contributed by atoms with Crippen molar-refractivity contribution in [1.82, 2.24) is 4.72 Å². The van der Waals surface area contributed by atoms with E-state index in [0.29, 0.717) is 23.2 Å². The van der Waals surface area contributed by atoms with Crippen molar-refractivity contribution < 1.29 is 35.9 Å². The molecule has 188 valence electrons. The summed E-state index contributed by atoms with van der Waals surface area (Å²) in [5.74, 6) is -1.38. The molecule has 1 aliphatic heterocycles. The molecule has 0 saturated carbocycles. The Morgan fingerprint density at radius 3 is 2.33 bits per heavy atom. The molecule has 0 aromatic heterocycles. The van der Waals surface area contributed by atoms with Gasteiger partial charge in [0.25, 0.3) is 0 Å². The minimum absolute atomic E-state index is 0.0835. The lowest BCUT2D eigenvalue weighted by molar-refractivity contribution is -0.274. The molecule has 3 N–H and O–H groups in total. The molecule has 8 nitrogen and oxygen atoms in total. The lowest BCUT2D eigenvalue weighted by Gasteiger charge is -2.21. The molecule has 0 spiro atoms. The minimum Gasteiger partial charge on any atom is -0.406 e. The molecule has 1 unspecified atom stereocenters. The van der Waals surface area contributed by atoms with Crippen LogP contribution < -0.4 is 20.1 Å². The Bertz CT molecular complexity index is 1380. The third-order valence-corrected chi connectivity index (χ3v) is 6.73. The van der Waals surface area contributed by atoms with Crippen LogP contribution in [-0.4, -0.2) is 26.6 Å². The van der Waals surface area contributed by atoms with Crippen LogP contribution in [0, 0.1) is 0 Å². The summed E-state index contributed by atoms with van der Waals surface area (Å²) in [6, 6.07) is 15.5. The van der Waals surface area contributed by atoms with E-state index in [1.807, 2.05) is 0 Å². The maximum absolute atomic E-state index is 13.2. The summed E-state index contributed by atoms with van der Waals surface area (Å²) in [4.78, 5) is 24.6. The predicted molar refractivity (Wildman–Crippen MR) is 125 cm³/mol. The van der Waals surface area contributed by atoms with Crippen molar-refractivity contribution in [2.24, 2.45) is 0 Å². The largest absolute Gasteiger partial charge is 0.573 e. The Morgan fingerprint density at radius 1 is 0.972 bits per heavy atom. The SMILES string of the molecule is O=C1CCc2cc(S(=O)(=O)NC(C(=O)Nc3ccc(OC(F)(F)F)cc3)c3ccccc3)ccc2N1. The molecular weight excluding hydrogens is 499 g/mol. The molecule has 0 bridgehead atoms. The minimum atomic E-state index is -4.86. The van der Waals surface area contributed by atoms with Gasteiger partial charge in [-0.15, -0.1) is 13.2 Å². The van der Waals surface area contributed by atoms with Gasteiger partial charge < -0.3 is 15.4 Å². The number of hydrogen-bond donors (Lipinski definition) is 3. The standard InChI is InChI=1S/C24H20F3N3O5S/c25-24(26,27)35-18-9-7-17(8-10-18)28-23(32)22(15-4-2-1-3-5-15)30-36(33,34)19-11-12-20-16(14-19)6-13-21(31)29-20/h1-5,7-12,14,22,30H,6,13H2,(H,28,32)(H,29,31). The van der Waals surface area contributed by atoms with Crippen LogP contribution in [0.3, 0.4) is 0 Å². The number of halogens is 3. The first-order chi connectivity index (χ1) is 17.0. The van der Waals surface area contributed by atoms with Crippen molar-refractivity contribution in [3.8, 4) is 5.75 Å². The molecule has 3 aromatic rings. The number of aryl methyl sites for hydroxylation is 1. The van der Waals surface area contributed by atoms with E-state index < -0.39 is 34.1 Å². The van der Waals surface area contributed by atoms with Crippen LogP contribution in [-0.2, 0) is 26.0 Å². The monoisotopic (exact) mass is 519 g/mol. The van der Waals surface area contributed by atoms with E-state index >= 15 is 0 Å². The molecule has 4 rings (SSSR count). The van der Waals surface area contributed by atoms with E-state index in [1.54, 1.807) is 30.3 Å². The number of amides is 2. The van der Waals surface area contributed by atoms with Crippen molar-refractivity contribution in [1.29, 1.82) is 0 Å². The van der Waals surface area contributed by atoms with Crippen LogP contribution in [0.5, 0.6) is 5.75 Å². The van der Waals surface area contributed by atoms with E-state index in [-0.39, 0.29) is 22.9 Å². The topological polar surface area (TPSA) is 114 Å². The zero-order valence-electron chi connectivity index (χ0n) is 18.5. The molecule has 36 heavy (non-hydrogen) atoms. The first-order valence-electron chi connectivity index (χ1n) is 10.7. The van der Waals surface area contributed by atoms with Gasteiger partial charge >= 0.3 is 6.36 Å². The Hall–Kier alpha value is -3.90. The van der Waals surface area contributed by atoms with Gasteiger partial charge in [-0.05, 0) is 60.0 Å². The highest BCUT2D eigenvalue weighted by Gasteiger charge is 2.31. The van der Waals surface area contributed by atoms with Crippen molar-refractivity contribution >= 4 is 33.2 Å². The van der Waals surface area contributed by atoms with Gasteiger partial charge in [0.1, 0.15) is 11.8 Å². The van der Waals surface area contributed by atoms with E-state index in [0.717, 1.165) is 12.1 Å². The van der Waals surface area contributed by atoms with Gasteiger partial charge in [0, 0.05) is 17.8 Å². The molecule has 1 atom stereocenters. The number of carbonyl (C=O) groups excluding carboxylic acids is 2. The number of nitrogens with one attached hydrogen (secondary N) is 3. The van der Waals surface area contributed by atoms with Crippen molar-refractivity contribution in [2.45, 2.75) is 30.1 Å². The molecule has 1 heterocycles. The number of fused-ring (bicyclic) bond motifs is 1. The second-order valence-electron chi connectivity index (χ2n) is 7.89. The Kier molecular flexibility index (Phi) is 7.00. The number of sulfonamides is 1. The van der Waals surface area contributed by atoms with Gasteiger partial charge in [0.2, 0.25) is 21.8 Å². The Morgan fingerprint density at radius 2 is 1.67 bits per heavy atom. The highest BCUT2D eigenvalue weighted by molar-refractivity contribution is 7.89. The molecule has 0 fully saturated rings. The van der Waals surface area contributed by atoms with Crippen LogP contribution in [0.1, 0.15) is 23.6 Å². The molecule has 3 aromatic carbocycles. The van der Waals surface area contributed by atoms with Crippen molar-refractivity contribution in [3.05, 3.63) is 83.9 Å². The van der Waals surface area contributed by atoms with Crippen LogP contribution in [0.2, 0.25) is 0 Å². The maximum Gasteiger partial charge on any atom is 0.573 e. The highest BCUT2D eigenvalue weighted by atomic mass is 32.2. The summed E-state index contributed by atoms with van der Waals surface area (Å²) in [5.41, 5.74) is 1.67. The molecule has 0 aliphatic carbocycles. The van der Waals surface area contributed by atoms with Gasteiger partial charge in [-0.25, -0.2) is 8.42 Å². The van der Waals surface area contributed by atoms with E-state index in [1.165, 1.54) is 30.3 Å². The highest BCUT2D eigenvalue weighted by Crippen LogP contribution is 2.28. The lowest BCUT2D eigenvalue weighted by Crippen LogP contribution is -2.37. The summed E-state index contributed by atoms with van der Waals surface area (Å²) < 4.78 is 69.7. The summed E-state index contributed by atoms with van der Waals surface area (Å²) in [7, 11) is -4.19.